The van der Waals surface area contributed by atoms with Gasteiger partial charge < -0.3 is 24.6 Å². The van der Waals surface area contributed by atoms with Crippen molar-refractivity contribution in [1.82, 2.24) is 39.9 Å². The number of aryl methyl sites for hydroxylation is 1. The summed E-state index contributed by atoms with van der Waals surface area (Å²) in [6.45, 7) is 13.4. The van der Waals surface area contributed by atoms with Crippen LogP contribution in [0, 0.1) is 5.82 Å². The van der Waals surface area contributed by atoms with Crippen molar-refractivity contribution >= 4 is 28.7 Å². The van der Waals surface area contributed by atoms with Crippen molar-refractivity contribution in [3.8, 4) is 28.4 Å². The summed E-state index contributed by atoms with van der Waals surface area (Å²) in [5.41, 5.74) is 5.17. The number of imidazole rings is 1. The maximum absolute atomic E-state index is 14.3. The largest absolute Gasteiger partial charge is 0.505 e. The van der Waals surface area contributed by atoms with Gasteiger partial charge in [-0.15, -0.1) is 0 Å². The number of aromatic nitrogens is 6. The predicted octanol–water partition coefficient (Wildman–Crippen LogP) is 5.85. The summed E-state index contributed by atoms with van der Waals surface area (Å²) in [5, 5.41) is 18.3. The van der Waals surface area contributed by atoms with Gasteiger partial charge in [0.15, 0.2) is 17.4 Å². The van der Waals surface area contributed by atoms with Crippen molar-refractivity contribution in [2.24, 2.45) is 0 Å². The average Bonchev–Trinajstić information content (AvgIpc) is 3.71. The Balaban J connectivity index is 1.03. The second-order valence-electron chi connectivity index (χ2n) is 14.4. The third-order valence-electron chi connectivity index (χ3n) is 9.48. The second kappa shape index (κ2) is 13.0. The summed E-state index contributed by atoms with van der Waals surface area (Å²) in [6.07, 6.45) is 4.01. The molecule has 0 radical (unpaired) electrons. The van der Waals surface area contributed by atoms with Crippen molar-refractivity contribution in [3.63, 3.8) is 0 Å². The molecule has 51 heavy (non-hydrogen) atoms. The number of phenols is 1. The molecule has 266 valence electrons. The van der Waals surface area contributed by atoms with Crippen molar-refractivity contribution in [1.29, 1.82) is 0 Å². The van der Waals surface area contributed by atoms with E-state index in [1.807, 2.05) is 59.7 Å². The molecule has 5 aromatic rings. The molecule has 5 heterocycles. The number of ether oxygens (including phenoxy) is 1. The van der Waals surface area contributed by atoms with Gasteiger partial charge in [-0.1, -0.05) is 13.0 Å². The Bertz CT molecular complexity index is 2110. The molecule has 0 spiro atoms. The zero-order chi connectivity index (χ0) is 36.2. The normalized spacial score (nSPS) is 17.9. The number of amides is 2. The summed E-state index contributed by atoms with van der Waals surface area (Å²) >= 11 is 0. The van der Waals surface area contributed by atoms with Crippen molar-refractivity contribution in [2.45, 2.75) is 78.6 Å². The Labute approximate surface area is 294 Å². The van der Waals surface area contributed by atoms with Crippen LogP contribution in [0.15, 0.2) is 42.7 Å². The summed E-state index contributed by atoms with van der Waals surface area (Å²) in [7, 11) is 0. The molecule has 0 bridgehead atoms. The van der Waals surface area contributed by atoms with Crippen LogP contribution in [0.5, 0.6) is 5.75 Å². The Hall–Kier alpha value is -5.53. The summed E-state index contributed by atoms with van der Waals surface area (Å²) in [6, 6.07) is 8.38. The van der Waals surface area contributed by atoms with E-state index in [0.717, 1.165) is 33.4 Å². The number of anilines is 1. The van der Waals surface area contributed by atoms with Crippen LogP contribution in [0.1, 0.15) is 69.0 Å². The van der Waals surface area contributed by atoms with Gasteiger partial charge in [-0.05, 0) is 82.0 Å². The van der Waals surface area contributed by atoms with E-state index in [-0.39, 0.29) is 35.5 Å². The number of phenolic OH excluding ortho intramolecular Hbond substituents is 1. The van der Waals surface area contributed by atoms with Gasteiger partial charge in [0.25, 0.3) is 5.91 Å². The lowest BCUT2D eigenvalue weighted by Crippen LogP contribution is -2.59. The van der Waals surface area contributed by atoms with Crippen LogP contribution >= 0.6 is 0 Å². The molecule has 3 aromatic heterocycles. The number of aromatic hydroxyl groups is 1. The molecule has 1 fully saturated rings. The van der Waals surface area contributed by atoms with Crippen molar-refractivity contribution in [3.05, 3.63) is 71.2 Å². The predicted molar refractivity (Wildman–Crippen MR) is 190 cm³/mol. The van der Waals surface area contributed by atoms with Crippen LogP contribution in [-0.4, -0.2) is 94.4 Å². The number of fused-ring (bicyclic) bond motifs is 2. The van der Waals surface area contributed by atoms with Gasteiger partial charge >= 0.3 is 6.09 Å². The Morgan fingerprint density at radius 1 is 1.08 bits per heavy atom. The quantitative estimate of drug-likeness (QED) is 0.205. The third kappa shape index (κ3) is 6.57. The second-order valence-corrected chi connectivity index (χ2v) is 14.4. The first-order chi connectivity index (χ1) is 24.3. The number of hydrogen-bond donors (Lipinski definition) is 3. The van der Waals surface area contributed by atoms with E-state index in [1.165, 1.54) is 18.3 Å². The fraction of sp³-hybridized carbons (Fsp3) is 0.405. The molecule has 13 nitrogen and oxygen atoms in total. The highest BCUT2D eigenvalue weighted by Crippen LogP contribution is 2.34. The molecule has 3 N–H and O–H groups in total. The van der Waals surface area contributed by atoms with Gasteiger partial charge in [-0.2, -0.15) is 5.10 Å². The Morgan fingerprint density at radius 3 is 2.53 bits per heavy atom. The number of rotatable bonds is 5. The number of nitrogens with zero attached hydrogens (tertiary/aromatic N) is 7. The zero-order valence-electron chi connectivity index (χ0n) is 29.6. The molecule has 0 unspecified atom stereocenters. The molecule has 0 saturated carbocycles. The number of piperazine rings is 1. The summed E-state index contributed by atoms with van der Waals surface area (Å²) in [4.78, 5) is 49.2. The number of aromatic amines is 2. The standard InChI is InChI=1S/C37H42FN9O4/c1-7-22-13-31(48)26(38)14-25(22)23-8-9-24-28(12-23)43-44-33(24)34-41-27-10-11-45(19-30(27)42-34)35(49)29-15-40-32(16-39-29)46-17-20(2)47(21(3)18-46)36(50)51-37(4,5)6/h8-9,12-16,20-21,48H,7,10-11,17-19H2,1-6H3,(H,41,42)(H,43,44)/t20-,21+. The summed E-state index contributed by atoms with van der Waals surface area (Å²) in [5.74, 6) is -0.00416. The minimum Gasteiger partial charge on any atom is -0.505 e. The third-order valence-corrected chi connectivity index (χ3v) is 9.48. The van der Waals surface area contributed by atoms with Gasteiger partial charge in [0.1, 0.15) is 22.8 Å². The molecule has 2 amide bonds. The van der Waals surface area contributed by atoms with E-state index in [2.05, 4.69) is 30.0 Å². The van der Waals surface area contributed by atoms with Gasteiger partial charge in [0, 0.05) is 31.4 Å². The maximum atomic E-state index is 14.3. The first-order valence-electron chi connectivity index (χ1n) is 17.2. The fourth-order valence-electron chi connectivity index (χ4n) is 7.05. The highest BCUT2D eigenvalue weighted by Gasteiger charge is 2.36. The zero-order valence-corrected chi connectivity index (χ0v) is 29.6. The molecule has 2 aliphatic rings. The van der Waals surface area contributed by atoms with Crippen LogP contribution in [0.25, 0.3) is 33.5 Å². The first kappa shape index (κ1) is 33.9. The maximum Gasteiger partial charge on any atom is 0.410 e. The van der Waals surface area contributed by atoms with Crippen LogP contribution in [0.3, 0.4) is 0 Å². The van der Waals surface area contributed by atoms with Crippen molar-refractivity contribution in [2.75, 3.05) is 24.5 Å². The lowest BCUT2D eigenvalue weighted by molar-refractivity contribution is 0.00558. The lowest BCUT2D eigenvalue weighted by Gasteiger charge is -2.44. The fourth-order valence-corrected chi connectivity index (χ4v) is 7.05. The molecule has 2 atom stereocenters. The minimum atomic E-state index is -0.665. The van der Waals surface area contributed by atoms with E-state index in [1.54, 1.807) is 16.0 Å². The number of benzene rings is 2. The van der Waals surface area contributed by atoms with Crippen LogP contribution < -0.4 is 4.90 Å². The molecule has 1 saturated heterocycles. The Morgan fingerprint density at radius 2 is 1.84 bits per heavy atom. The average molecular weight is 696 g/mol. The number of halogens is 1. The smallest absolute Gasteiger partial charge is 0.410 e. The van der Waals surface area contributed by atoms with Gasteiger partial charge in [0.2, 0.25) is 0 Å². The first-order valence-corrected chi connectivity index (χ1v) is 17.2. The number of carbonyl (C=O) groups is 2. The Kier molecular flexibility index (Phi) is 8.64. The van der Waals surface area contributed by atoms with Crippen molar-refractivity contribution < 1.29 is 23.8 Å². The van der Waals surface area contributed by atoms with Crippen LogP contribution in [0.4, 0.5) is 15.0 Å². The van der Waals surface area contributed by atoms with Gasteiger partial charge in [-0.3, -0.25) is 14.8 Å². The van der Waals surface area contributed by atoms with E-state index < -0.39 is 11.4 Å². The number of hydrogen-bond acceptors (Lipinski definition) is 9. The van der Waals surface area contributed by atoms with Gasteiger partial charge in [-0.25, -0.2) is 24.1 Å². The monoisotopic (exact) mass is 695 g/mol. The number of nitrogens with one attached hydrogen (secondary N) is 2. The van der Waals surface area contributed by atoms with Crippen LogP contribution in [-0.2, 0) is 24.1 Å². The van der Waals surface area contributed by atoms with E-state index in [0.29, 0.717) is 61.9 Å². The number of H-pyrrole nitrogens is 2. The highest BCUT2D eigenvalue weighted by molar-refractivity contribution is 5.94. The molecular weight excluding hydrogens is 653 g/mol. The topological polar surface area (TPSA) is 156 Å². The molecule has 2 aromatic carbocycles. The van der Waals surface area contributed by atoms with E-state index in [4.69, 9.17) is 9.72 Å². The van der Waals surface area contributed by atoms with Crippen LogP contribution in [0.2, 0.25) is 0 Å². The van der Waals surface area contributed by atoms with Gasteiger partial charge in [0.05, 0.1) is 47.9 Å². The molecule has 7 rings (SSSR count). The molecule has 14 heteroatoms. The minimum absolute atomic E-state index is 0.101. The van der Waals surface area contributed by atoms with E-state index in [9.17, 15) is 19.1 Å². The lowest BCUT2D eigenvalue weighted by atomic mass is 9.96. The number of carbonyl (C=O) groups excluding carboxylic acids is 2. The highest BCUT2D eigenvalue weighted by atomic mass is 19.1. The molecular formula is C37H42FN9O4. The van der Waals surface area contributed by atoms with E-state index >= 15 is 0 Å². The SMILES string of the molecule is CCc1cc(O)c(F)cc1-c1ccc2c(-c3nc4c([nH]3)CN(C(=O)c3cnc(N5C[C@@H](C)N(C(=O)OC(C)(C)C)[C@@H](C)C5)cn3)CC4)n[nH]c2c1. The molecule has 0 aliphatic carbocycles. The molecule has 2 aliphatic heterocycles. The summed E-state index contributed by atoms with van der Waals surface area (Å²) < 4.78 is 19.9.